The first-order chi connectivity index (χ1) is 11.1. The number of thioether (sulfide) groups is 2. The Morgan fingerprint density at radius 3 is 2.43 bits per heavy atom. The molecule has 0 unspecified atom stereocenters. The van der Waals surface area contributed by atoms with Gasteiger partial charge in [-0.25, -0.2) is 0 Å². The number of benzene rings is 2. The van der Waals surface area contributed by atoms with Crippen LogP contribution >= 0.6 is 23.5 Å². The Bertz CT molecular complexity index is 836. The molecule has 0 amide bonds. The van der Waals surface area contributed by atoms with Crippen LogP contribution in [-0.4, -0.2) is 19.9 Å². The Balaban J connectivity index is 1.78. The predicted molar refractivity (Wildman–Crippen MR) is 93.1 cm³/mol. The fraction of sp³-hybridized carbons (Fsp3) is 0.188. The van der Waals surface area contributed by atoms with Crippen LogP contribution < -0.4 is 4.18 Å². The number of rotatable bonds is 4. The lowest BCUT2D eigenvalue weighted by atomic mass is 10.2. The van der Waals surface area contributed by atoms with Crippen LogP contribution in [0.4, 0.5) is 0 Å². The third-order valence-electron chi connectivity index (χ3n) is 3.23. The summed E-state index contributed by atoms with van der Waals surface area (Å²) < 4.78 is 30.1. The lowest BCUT2D eigenvalue weighted by molar-refractivity contribution is 0.486. The SMILES string of the molecule is N#Cc1cccc(S(=O)(=O)Oc2ccc(C3SCCS3)cc2)c1. The first kappa shape index (κ1) is 16.2. The molecule has 0 radical (unpaired) electrons. The maximum atomic E-state index is 12.3. The fourth-order valence-corrected chi connectivity index (χ4v) is 5.96. The van der Waals surface area contributed by atoms with Gasteiger partial charge in [0.15, 0.2) is 0 Å². The second-order valence-electron chi connectivity index (χ2n) is 4.82. The lowest BCUT2D eigenvalue weighted by Gasteiger charge is -2.10. The maximum Gasteiger partial charge on any atom is 0.339 e. The zero-order valence-corrected chi connectivity index (χ0v) is 14.5. The van der Waals surface area contributed by atoms with E-state index in [1.807, 2.05) is 41.7 Å². The normalized spacial score (nSPS) is 15.3. The highest BCUT2D eigenvalue weighted by Crippen LogP contribution is 2.45. The van der Waals surface area contributed by atoms with Gasteiger partial charge in [0, 0.05) is 11.5 Å². The highest BCUT2D eigenvalue weighted by Gasteiger charge is 2.20. The smallest absolute Gasteiger partial charge is 0.339 e. The van der Waals surface area contributed by atoms with Gasteiger partial charge in [0.2, 0.25) is 0 Å². The van der Waals surface area contributed by atoms with Gasteiger partial charge in [-0.2, -0.15) is 13.7 Å². The van der Waals surface area contributed by atoms with Crippen molar-refractivity contribution < 1.29 is 12.6 Å². The van der Waals surface area contributed by atoms with Crippen LogP contribution in [0, 0.1) is 11.3 Å². The summed E-state index contributed by atoms with van der Waals surface area (Å²) in [6.07, 6.45) is 0. The average Bonchev–Trinajstić information content (AvgIpc) is 3.10. The molecule has 1 heterocycles. The summed E-state index contributed by atoms with van der Waals surface area (Å²) in [6.45, 7) is 0. The molecule has 2 aromatic carbocycles. The summed E-state index contributed by atoms with van der Waals surface area (Å²) in [5.41, 5.74) is 1.44. The van der Waals surface area contributed by atoms with E-state index in [4.69, 9.17) is 9.44 Å². The number of hydrogen-bond donors (Lipinski definition) is 0. The van der Waals surface area contributed by atoms with Crippen LogP contribution in [0.1, 0.15) is 15.7 Å². The van der Waals surface area contributed by atoms with Crippen LogP contribution in [-0.2, 0) is 10.1 Å². The van der Waals surface area contributed by atoms with Crippen molar-refractivity contribution in [2.24, 2.45) is 0 Å². The Morgan fingerprint density at radius 2 is 1.78 bits per heavy atom. The zero-order chi connectivity index (χ0) is 16.3. The summed E-state index contributed by atoms with van der Waals surface area (Å²) in [7, 11) is -3.94. The van der Waals surface area contributed by atoms with Crippen molar-refractivity contribution in [2.45, 2.75) is 9.48 Å². The molecule has 1 aliphatic rings. The molecule has 4 nitrogen and oxygen atoms in total. The molecule has 0 aliphatic carbocycles. The zero-order valence-electron chi connectivity index (χ0n) is 12.0. The second kappa shape index (κ2) is 6.87. The van der Waals surface area contributed by atoms with Gasteiger partial charge in [0.05, 0.1) is 16.2 Å². The van der Waals surface area contributed by atoms with E-state index >= 15 is 0 Å². The number of nitrogens with zero attached hydrogens (tertiary/aromatic N) is 1. The van der Waals surface area contributed by atoms with Gasteiger partial charge >= 0.3 is 10.1 Å². The van der Waals surface area contributed by atoms with Crippen molar-refractivity contribution in [1.82, 2.24) is 0 Å². The highest BCUT2D eigenvalue weighted by atomic mass is 32.2. The Morgan fingerprint density at radius 1 is 1.09 bits per heavy atom. The molecular weight excluding hydrogens is 350 g/mol. The van der Waals surface area contributed by atoms with Gasteiger partial charge in [-0.15, -0.1) is 23.5 Å². The van der Waals surface area contributed by atoms with Crippen LogP contribution in [0.3, 0.4) is 0 Å². The van der Waals surface area contributed by atoms with Crippen molar-refractivity contribution in [3.05, 3.63) is 59.7 Å². The molecule has 2 aromatic rings. The van der Waals surface area contributed by atoms with E-state index in [0.717, 1.165) is 17.1 Å². The molecule has 0 N–H and O–H groups in total. The average molecular weight is 363 g/mol. The summed E-state index contributed by atoms with van der Waals surface area (Å²) >= 11 is 3.78. The minimum atomic E-state index is -3.94. The molecule has 0 aromatic heterocycles. The van der Waals surface area contributed by atoms with E-state index < -0.39 is 10.1 Å². The Hall–Kier alpha value is -1.62. The molecule has 7 heteroatoms. The van der Waals surface area contributed by atoms with Crippen molar-refractivity contribution in [2.75, 3.05) is 11.5 Å². The van der Waals surface area contributed by atoms with Crippen molar-refractivity contribution in [3.63, 3.8) is 0 Å². The van der Waals surface area contributed by atoms with Gasteiger partial charge in [-0.05, 0) is 35.9 Å². The van der Waals surface area contributed by atoms with Gasteiger partial charge in [-0.1, -0.05) is 18.2 Å². The van der Waals surface area contributed by atoms with E-state index in [1.54, 1.807) is 18.2 Å². The summed E-state index contributed by atoms with van der Waals surface area (Å²) in [5, 5.41) is 8.86. The lowest BCUT2D eigenvalue weighted by Crippen LogP contribution is -2.09. The number of hydrogen-bond acceptors (Lipinski definition) is 6. The van der Waals surface area contributed by atoms with Crippen LogP contribution in [0.5, 0.6) is 5.75 Å². The van der Waals surface area contributed by atoms with Crippen LogP contribution in [0.25, 0.3) is 0 Å². The van der Waals surface area contributed by atoms with Gasteiger partial charge in [0.25, 0.3) is 0 Å². The van der Waals surface area contributed by atoms with E-state index in [9.17, 15) is 8.42 Å². The molecule has 0 saturated carbocycles. The molecule has 1 aliphatic heterocycles. The Kier molecular flexibility index (Phi) is 4.85. The minimum absolute atomic E-state index is 0.0254. The van der Waals surface area contributed by atoms with E-state index in [0.29, 0.717) is 4.58 Å². The molecule has 0 bridgehead atoms. The van der Waals surface area contributed by atoms with Crippen LogP contribution in [0.2, 0.25) is 0 Å². The third kappa shape index (κ3) is 3.83. The van der Waals surface area contributed by atoms with E-state index in [2.05, 4.69) is 0 Å². The first-order valence-corrected chi connectivity index (χ1v) is 10.4. The second-order valence-corrected chi connectivity index (χ2v) is 9.09. The molecule has 118 valence electrons. The largest absolute Gasteiger partial charge is 0.379 e. The van der Waals surface area contributed by atoms with Crippen LogP contribution in [0.15, 0.2) is 53.4 Å². The monoisotopic (exact) mass is 363 g/mol. The first-order valence-electron chi connectivity index (χ1n) is 6.86. The van der Waals surface area contributed by atoms with Gasteiger partial charge < -0.3 is 4.18 Å². The van der Waals surface area contributed by atoms with Crippen molar-refractivity contribution >= 4 is 33.6 Å². The predicted octanol–water partition coefficient (Wildman–Crippen LogP) is 3.80. The van der Waals surface area contributed by atoms with Gasteiger partial charge in [-0.3, -0.25) is 0 Å². The topological polar surface area (TPSA) is 67.2 Å². The van der Waals surface area contributed by atoms with Crippen molar-refractivity contribution in [1.29, 1.82) is 5.26 Å². The standard InChI is InChI=1S/C16H13NO3S3/c17-11-12-2-1-3-15(10-12)23(18,19)20-14-6-4-13(5-7-14)16-21-8-9-22-16/h1-7,10,16H,8-9H2. The molecular formula is C16H13NO3S3. The Labute approximate surface area is 144 Å². The molecule has 0 atom stereocenters. The fourth-order valence-electron chi connectivity index (χ4n) is 2.13. The molecule has 3 rings (SSSR count). The molecule has 0 spiro atoms. The third-order valence-corrected chi connectivity index (χ3v) is 7.58. The molecule has 1 fully saturated rings. The van der Waals surface area contributed by atoms with Gasteiger partial charge in [0.1, 0.15) is 10.6 Å². The molecule has 23 heavy (non-hydrogen) atoms. The summed E-state index contributed by atoms with van der Waals surface area (Å²) in [4.78, 5) is -0.0254. The van der Waals surface area contributed by atoms with E-state index in [1.165, 1.54) is 18.2 Å². The summed E-state index contributed by atoms with van der Waals surface area (Å²) in [6, 6.07) is 14.8. The maximum absolute atomic E-state index is 12.3. The highest BCUT2D eigenvalue weighted by molar-refractivity contribution is 8.19. The van der Waals surface area contributed by atoms with Crippen molar-refractivity contribution in [3.8, 4) is 11.8 Å². The molecule has 1 saturated heterocycles. The quantitative estimate of drug-likeness (QED) is 0.770. The number of nitriles is 1. The summed E-state index contributed by atoms with van der Waals surface area (Å²) in [5.74, 6) is 2.54. The minimum Gasteiger partial charge on any atom is -0.379 e. The van der Waals surface area contributed by atoms with E-state index in [-0.39, 0.29) is 16.2 Å².